The minimum Gasteiger partial charge on any atom is -0.468 e. The van der Waals surface area contributed by atoms with Crippen LogP contribution in [0.5, 0.6) is 17.2 Å². The Morgan fingerprint density at radius 3 is 1.39 bits per heavy atom. The third kappa shape index (κ3) is 12.8. The van der Waals surface area contributed by atoms with Gasteiger partial charge in [0.25, 0.3) is 0 Å². The van der Waals surface area contributed by atoms with Gasteiger partial charge in [0.15, 0.2) is 6.79 Å². The zero-order valence-corrected chi connectivity index (χ0v) is 28.7. The fraction of sp³-hybridized carbons (Fsp3) is 0.238. The van der Waals surface area contributed by atoms with Crippen LogP contribution in [0, 0.1) is 0 Å². The summed E-state index contributed by atoms with van der Waals surface area (Å²) in [6.07, 6.45) is 0.288. The normalized spacial score (nSPS) is 10.8. The van der Waals surface area contributed by atoms with Gasteiger partial charge in [0.05, 0.1) is 52.5 Å². The van der Waals surface area contributed by atoms with Crippen molar-refractivity contribution in [2.24, 2.45) is 0 Å². The van der Waals surface area contributed by atoms with Crippen molar-refractivity contribution >= 4 is 11.9 Å². The van der Waals surface area contributed by atoms with Crippen LogP contribution >= 0.6 is 0 Å². The first-order chi connectivity index (χ1) is 25.1. The smallest absolute Gasteiger partial charge is 0.313 e. The first-order valence-corrected chi connectivity index (χ1v) is 16.8. The molecule has 0 heterocycles. The van der Waals surface area contributed by atoms with Crippen molar-refractivity contribution in [2.45, 2.75) is 26.1 Å². The molecule has 5 aromatic rings. The van der Waals surface area contributed by atoms with Crippen molar-refractivity contribution in [3.63, 3.8) is 0 Å². The van der Waals surface area contributed by atoms with Crippen LogP contribution in [0.3, 0.4) is 0 Å². The highest BCUT2D eigenvalue weighted by Crippen LogP contribution is 2.33. The molecule has 0 spiro atoms. The molecular weight excluding hydrogens is 648 g/mol. The Bertz CT molecular complexity index is 1650. The standard InChI is InChI=1S/C42H42O9/c1-45-24-25-48-31-49-40-27-36(34-12-16-38(17-13-34)50-41(43)20-22-46-29-32-8-4-2-5-9-32)26-37(28-40)35-14-18-39(19-15-35)51-42(44)21-23-47-30-33-10-6-3-7-11-33/h2-19,26-28H,20-25,29-31H2,1H3. The van der Waals surface area contributed by atoms with E-state index in [1.54, 1.807) is 31.4 Å². The number of ether oxygens (including phenoxy) is 7. The van der Waals surface area contributed by atoms with E-state index in [0.29, 0.717) is 43.7 Å². The van der Waals surface area contributed by atoms with Gasteiger partial charge in [0, 0.05) is 7.11 Å². The Morgan fingerprint density at radius 1 is 0.471 bits per heavy atom. The van der Waals surface area contributed by atoms with E-state index in [2.05, 4.69) is 0 Å². The molecule has 5 rings (SSSR count). The summed E-state index contributed by atoms with van der Waals surface area (Å²) in [4.78, 5) is 24.8. The van der Waals surface area contributed by atoms with Crippen LogP contribution in [0.4, 0.5) is 0 Å². The van der Waals surface area contributed by atoms with Gasteiger partial charge in [0.2, 0.25) is 0 Å². The fourth-order valence-corrected chi connectivity index (χ4v) is 4.96. The predicted molar refractivity (Wildman–Crippen MR) is 193 cm³/mol. The van der Waals surface area contributed by atoms with Crippen molar-refractivity contribution < 1.29 is 42.7 Å². The van der Waals surface area contributed by atoms with E-state index in [4.69, 9.17) is 33.2 Å². The summed E-state index contributed by atoms with van der Waals surface area (Å²) in [7, 11) is 1.61. The molecule has 9 nitrogen and oxygen atoms in total. The van der Waals surface area contributed by atoms with Gasteiger partial charge in [-0.05, 0) is 75.8 Å². The SMILES string of the molecule is COCCOCOc1cc(-c2ccc(OC(=O)CCOCc3ccccc3)cc2)cc(-c2ccc(OC(=O)CCOCc3ccccc3)cc2)c1. The molecule has 0 fully saturated rings. The van der Waals surface area contributed by atoms with E-state index >= 15 is 0 Å². The molecule has 0 radical (unpaired) electrons. The van der Waals surface area contributed by atoms with E-state index in [1.165, 1.54) is 0 Å². The zero-order chi connectivity index (χ0) is 35.5. The lowest BCUT2D eigenvalue weighted by atomic mass is 9.98. The van der Waals surface area contributed by atoms with Crippen molar-refractivity contribution in [3.05, 3.63) is 139 Å². The number of hydrogen-bond acceptors (Lipinski definition) is 9. The molecule has 264 valence electrons. The van der Waals surface area contributed by atoms with E-state index in [0.717, 1.165) is 33.4 Å². The second-order valence-electron chi connectivity index (χ2n) is 11.5. The zero-order valence-electron chi connectivity index (χ0n) is 28.7. The molecule has 0 bridgehead atoms. The summed E-state index contributed by atoms with van der Waals surface area (Å²) in [6, 6.07) is 40.1. The molecule has 0 aliphatic heterocycles. The van der Waals surface area contributed by atoms with Gasteiger partial charge in [-0.3, -0.25) is 9.59 Å². The Morgan fingerprint density at radius 2 is 0.941 bits per heavy atom. The molecule has 0 unspecified atom stereocenters. The molecule has 0 saturated carbocycles. The number of methoxy groups -OCH3 is 1. The minimum atomic E-state index is -0.368. The largest absolute Gasteiger partial charge is 0.468 e. The monoisotopic (exact) mass is 690 g/mol. The average Bonchev–Trinajstić information content (AvgIpc) is 3.16. The summed E-state index contributed by atoms with van der Waals surface area (Å²) < 4.78 is 38.8. The summed E-state index contributed by atoms with van der Waals surface area (Å²) in [6.45, 7) is 2.34. The van der Waals surface area contributed by atoms with Gasteiger partial charge >= 0.3 is 11.9 Å². The number of carbonyl (C=O) groups is 2. The van der Waals surface area contributed by atoms with Crippen LogP contribution in [0.1, 0.15) is 24.0 Å². The van der Waals surface area contributed by atoms with Crippen molar-refractivity contribution in [1.82, 2.24) is 0 Å². The van der Waals surface area contributed by atoms with Gasteiger partial charge in [-0.2, -0.15) is 0 Å². The van der Waals surface area contributed by atoms with Crippen LogP contribution < -0.4 is 14.2 Å². The summed E-state index contributed by atoms with van der Waals surface area (Å²) in [5, 5.41) is 0. The Hall–Kier alpha value is -5.32. The quantitative estimate of drug-likeness (QED) is 0.0348. The van der Waals surface area contributed by atoms with Crippen LogP contribution in [-0.2, 0) is 41.8 Å². The number of esters is 2. The molecule has 51 heavy (non-hydrogen) atoms. The highest BCUT2D eigenvalue weighted by Gasteiger charge is 2.11. The van der Waals surface area contributed by atoms with Gasteiger partial charge in [-0.15, -0.1) is 0 Å². The lowest BCUT2D eigenvalue weighted by Crippen LogP contribution is -2.11. The molecule has 0 saturated heterocycles. The predicted octanol–water partition coefficient (Wildman–Crippen LogP) is 8.04. The number of carbonyl (C=O) groups excluding carboxylic acids is 2. The maximum absolute atomic E-state index is 12.4. The van der Waals surface area contributed by atoms with E-state index in [1.807, 2.05) is 103 Å². The summed E-state index contributed by atoms with van der Waals surface area (Å²) in [5.41, 5.74) is 5.66. The van der Waals surface area contributed by atoms with Gasteiger partial charge < -0.3 is 33.2 Å². The van der Waals surface area contributed by atoms with Crippen LogP contribution in [0.2, 0.25) is 0 Å². The maximum atomic E-state index is 12.4. The second-order valence-corrected chi connectivity index (χ2v) is 11.5. The Kier molecular flexibility index (Phi) is 14.8. The fourth-order valence-electron chi connectivity index (χ4n) is 4.96. The molecular formula is C42H42O9. The second kappa shape index (κ2) is 20.4. The van der Waals surface area contributed by atoms with Crippen molar-refractivity contribution in [2.75, 3.05) is 40.3 Å². The third-order valence-corrected chi connectivity index (χ3v) is 7.61. The van der Waals surface area contributed by atoms with Gasteiger partial charge in [-0.1, -0.05) is 84.9 Å². The van der Waals surface area contributed by atoms with Crippen LogP contribution in [0.15, 0.2) is 127 Å². The summed E-state index contributed by atoms with van der Waals surface area (Å²) >= 11 is 0. The first-order valence-electron chi connectivity index (χ1n) is 16.8. The third-order valence-electron chi connectivity index (χ3n) is 7.61. The first kappa shape index (κ1) is 36.9. The molecule has 5 aromatic carbocycles. The van der Waals surface area contributed by atoms with E-state index < -0.39 is 0 Å². The van der Waals surface area contributed by atoms with Gasteiger partial charge in [0.1, 0.15) is 17.2 Å². The van der Waals surface area contributed by atoms with E-state index in [9.17, 15) is 9.59 Å². The van der Waals surface area contributed by atoms with Crippen LogP contribution in [-0.4, -0.2) is 52.3 Å². The number of hydrogen-bond donors (Lipinski definition) is 0. The molecule has 9 heteroatoms. The van der Waals surface area contributed by atoms with Gasteiger partial charge in [-0.25, -0.2) is 0 Å². The maximum Gasteiger partial charge on any atom is 0.313 e. The highest BCUT2D eigenvalue weighted by molar-refractivity contribution is 5.77. The van der Waals surface area contributed by atoms with Crippen molar-refractivity contribution in [1.29, 1.82) is 0 Å². The lowest BCUT2D eigenvalue weighted by molar-refractivity contribution is -0.136. The molecule has 0 aromatic heterocycles. The number of benzene rings is 5. The molecule has 0 aliphatic carbocycles. The Balaban J connectivity index is 1.18. The number of rotatable bonds is 20. The van der Waals surface area contributed by atoms with Crippen molar-refractivity contribution in [3.8, 4) is 39.5 Å². The molecule has 0 amide bonds. The minimum absolute atomic E-state index is 0.0557. The lowest BCUT2D eigenvalue weighted by Gasteiger charge is -2.13. The molecule has 0 N–H and O–H groups in total. The molecule has 0 aliphatic rings. The van der Waals surface area contributed by atoms with E-state index in [-0.39, 0.29) is 44.8 Å². The Labute approximate surface area is 298 Å². The average molecular weight is 691 g/mol. The summed E-state index contributed by atoms with van der Waals surface area (Å²) in [5.74, 6) is 0.759. The highest BCUT2D eigenvalue weighted by atomic mass is 16.7. The topological polar surface area (TPSA) is 98.8 Å². The van der Waals surface area contributed by atoms with Crippen LogP contribution in [0.25, 0.3) is 22.3 Å². The molecule has 0 atom stereocenters.